The Morgan fingerprint density at radius 3 is 2.74 bits per heavy atom. The van der Waals surface area contributed by atoms with Crippen LogP contribution in [0.15, 0.2) is 30.3 Å². The smallest absolute Gasteiger partial charge is 0.157 e. The highest BCUT2D eigenvalue weighted by molar-refractivity contribution is 5.13. The lowest BCUT2D eigenvalue weighted by molar-refractivity contribution is -0.180. The summed E-state index contributed by atoms with van der Waals surface area (Å²) >= 11 is 0. The molecule has 0 amide bonds. The average molecular weight is 324 g/mol. The fourth-order valence-corrected chi connectivity index (χ4v) is 2.59. The molecule has 0 bridgehead atoms. The molecular formula is C18H28O5. The Morgan fingerprint density at radius 2 is 2.04 bits per heavy atom. The van der Waals surface area contributed by atoms with Crippen LogP contribution in [0.2, 0.25) is 0 Å². The topological polar surface area (TPSA) is 68.2 Å². The predicted octanol–water partition coefficient (Wildman–Crippen LogP) is 2.11. The van der Waals surface area contributed by atoms with E-state index in [2.05, 4.69) is 0 Å². The first kappa shape index (κ1) is 18.4. The fraction of sp³-hybridized carbons (Fsp3) is 0.667. The highest BCUT2D eigenvalue weighted by Crippen LogP contribution is 2.16. The number of benzene rings is 1. The van der Waals surface area contributed by atoms with E-state index >= 15 is 0 Å². The number of aliphatic hydroxyl groups is 2. The van der Waals surface area contributed by atoms with Crippen LogP contribution in [-0.4, -0.2) is 49.0 Å². The molecule has 1 heterocycles. The van der Waals surface area contributed by atoms with Gasteiger partial charge >= 0.3 is 0 Å². The number of hydrogen-bond donors (Lipinski definition) is 2. The van der Waals surface area contributed by atoms with Crippen LogP contribution >= 0.6 is 0 Å². The van der Waals surface area contributed by atoms with E-state index in [0.29, 0.717) is 19.6 Å². The zero-order valence-electron chi connectivity index (χ0n) is 13.6. The van der Waals surface area contributed by atoms with Crippen molar-refractivity contribution in [1.29, 1.82) is 0 Å². The highest BCUT2D eigenvalue weighted by atomic mass is 16.7. The minimum Gasteiger partial charge on any atom is -0.396 e. The van der Waals surface area contributed by atoms with Crippen molar-refractivity contribution in [3.63, 3.8) is 0 Å². The van der Waals surface area contributed by atoms with E-state index in [-0.39, 0.29) is 25.4 Å². The molecule has 3 atom stereocenters. The first-order valence-electron chi connectivity index (χ1n) is 8.43. The van der Waals surface area contributed by atoms with Gasteiger partial charge in [0, 0.05) is 25.7 Å². The van der Waals surface area contributed by atoms with Crippen LogP contribution in [-0.2, 0) is 20.8 Å². The van der Waals surface area contributed by atoms with Crippen molar-refractivity contribution in [3.8, 4) is 0 Å². The third-order valence-electron chi connectivity index (χ3n) is 4.11. The van der Waals surface area contributed by atoms with Crippen molar-refractivity contribution >= 4 is 0 Å². The van der Waals surface area contributed by atoms with Crippen LogP contribution < -0.4 is 0 Å². The van der Waals surface area contributed by atoms with E-state index < -0.39 is 6.10 Å². The van der Waals surface area contributed by atoms with Gasteiger partial charge in [0.15, 0.2) is 6.29 Å². The zero-order chi connectivity index (χ0) is 16.3. The standard InChI is InChI=1S/C18H28O5/c19-12-16(9-11-21-13-15-6-2-1-3-7-15)17(20)14-23-18-8-4-5-10-22-18/h1-3,6-7,16-20H,4-5,8-14H2. The molecule has 3 unspecified atom stereocenters. The van der Waals surface area contributed by atoms with Gasteiger partial charge in [-0.1, -0.05) is 30.3 Å². The van der Waals surface area contributed by atoms with Gasteiger partial charge < -0.3 is 24.4 Å². The molecule has 1 aromatic rings. The Kier molecular flexibility index (Phi) is 8.57. The van der Waals surface area contributed by atoms with Gasteiger partial charge in [-0.25, -0.2) is 0 Å². The third kappa shape index (κ3) is 6.97. The summed E-state index contributed by atoms with van der Waals surface area (Å²) in [6.07, 6.45) is 2.71. The van der Waals surface area contributed by atoms with E-state index in [9.17, 15) is 10.2 Å². The van der Waals surface area contributed by atoms with Gasteiger partial charge in [-0.2, -0.15) is 0 Å². The van der Waals surface area contributed by atoms with Crippen molar-refractivity contribution < 1.29 is 24.4 Å². The van der Waals surface area contributed by atoms with Crippen molar-refractivity contribution in [3.05, 3.63) is 35.9 Å². The van der Waals surface area contributed by atoms with Crippen LogP contribution in [0, 0.1) is 5.92 Å². The highest BCUT2D eigenvalue weighted by Gasteiger charge is 2.21. The molecule has 2 rings (SSSR count). The van der Waals surface area contributed by atoms with Gasteiger partial charge in [0.1, 0.15) is 0 Å². The summed E-state index contributed by atoms with van der Waals surface area (Å²) in [5.74, 6) is -0.241. The molecule has 0 aliphatic carbocycles. The van der Waals surface area contributed by atoms with Crippen LogP contribution in [0.5, 0.6) is 0 Å². The minimum absolute atomic E-state index is 0.0786. The molecule has 0 aromatic heterocycles. The summed E-state index contributed by atoms with van der Waals surface area (Å²) in [6, 6.07) is 9.94. The van der Waals surface area contributed by atoms with Crippen molar-refractivity contribution in [2.24, 2.45) is 5.92 Å². The molecule has 130 valence electrons. The van der Waals surface area contributed by atoms with Crippen LogP contribution in [0.3, 0.4) is 0 Å². The fourth-order valence-electron chi connectivity index (χ4n) is 2.59. The third-order valence-corrected chi connectivity index (χ3v) is 4.11. The van der Waals surface area contributed by atoms with Crippen molar-refractivity contribution in [2.75, 3.05) is 26.4 Å². The van der Waals surface area contributed by atoms with Crippen LogP contribution in [0.1, 0.15) is 31.2 Å². The molecular weight excluding hydrogens is 296 g/mol. The van der Waals surface area contributed by atoms with E-state index in [4.69, 9.17) is 14.2 Å². The molecule has 1 aromatic carbocycles. The first-order valence-corrected chi connectivity index (χ1v) is 8.43. The summed E-state index contributed by atoms with van der Waals surface area (Å²) in [5.41, 5.74) is 1.12. The SMILES string of the molecule is OCC(CCOCc1ccccc1)C(O)COC1CCCCO1. The summed E-state index contributed by atoms with van der Waals surface area (Å²) in [7, 11) is 0. The van der Waals surface area contributed by atoms with E-state index in [1.54, 1.807) is 0 Å². The molecule has 0 saturated carbocycles. The Bertz CT molecular complexity index is 405. The second-order valence-corrected chi connectivity index (χ2v) is 5.97. The van der Waals surface area contributed by atoms with Crippen molar-refractivity contribution in [1.82, 2.24) is 0 Å². The van der Waals surface area contributed by atoms with Gasteiger partial charge in [0.25, 0.3) is 0 Å². The molecule has 5 nitrogen and oxygen atoms in total. The van der Waals surface area contributed by atoms with Gasteiger partial charge in [0.05, 0.1) is 19.3 Å². The molecule has 0 radical (unpaired) electrons. The lowest BCUT2D eigenvalue weighted by atomic mass is 10.0. The normalized spacial score (nSPS) is 21.0. The van der Waals surface area contributed by atoms with E-state index in [0.717, 1.165) is 31.4 Å². The maximum atomic E-state index is 10.2. The van der Waals surface area contributed by atoms with Gasteiger partial charge in [-0.15, -0.1) is 0 Å². The number of ether oxygens (including phenoxy) is 3. The summed E-state index contributed by atoms with van der Waals surface area (Å²) in [4.78, 5) is 0. The molecule has 1 saturated heterocycles. The van der Waals surface area contributed by atoms with Gasteiger partial charge in [-0.3, -0.25) is 0 Å². The van der Waals surface area contributed by atoms with Crippen LogP contribution in [0.25, 0.3) is 0 Å². The van der Waals surface area contributed by atoms with E-state index in [1.165, 1.54) is 0 Å². The number of aliphatic hydroxyl groups excluding tert-OH is 2. The molecule has 1 aliphatic rings. The largest absolute Gasteiger partial charge is 0.396 e. The van der Waals surface area contributed by atoms with Crippen LogP contribution in [0.4, 0.5) is 0 Å². The second kappa shape index (κ2) is 10.7. The molecule has 23 heavy (non-hydrogen) atoms. The molecule has 5 heteroatoms. The van der Waals surface area contributed by atoms with Gasteiger partial charge in [0.2, 0.25) is 0 Å². The average Bonchev–Trinajstić information content (AvgIpc) is 2.61. The predicted molar refractivity (Wildman–Crippen MR) is 86.8 cm³/mol. The molecule has 2 N–H and O–H groups in total. The maximum absolute atomic E-state index is 10.2. The number of hydrogen-bond acceptors (Lipinski definition) is 5. The van der Waals surface area contributed by atoms with Gasteiger partial charge in [-0.05, 0) is 31.2 Å². The molecule has 1 fully saturated rings. The Balaban J connectivity index is 1.61. The quantitative estimate of drug-likeness (QED) is 0.645. The lowest BCUT2D eigenvalue weighted by Gasteiger charge is -2.26. The summed E-state index contributed by atoms with van der Waals surface area (Å²) in [6.45, 7) is 1.87. The lowest BCUT2D eigenvalue weighted by Crippen LogP contribution is -2.33. The van der Waals surface area contributed by atoms with E-state index in [1.807, 2.05) is 30.3 Å². The van der Waals surface area contributed by atoms with Crippen molar-refractivity contribution in [2.45, 2.75) is 44.7 Å². The Hall–Kier alpha value is -0.980. The Labute approximate surface area is 138 Å². The zero-order valence-corrected chi connectivity index (χ0v) is 13.6. The molecule has 0 spiro atoms. The minimum atomic E-state index is -0.703. The summed E-state index contributed by atoms with van der Waals surface area (Å²) < 4.78 is 16.7. The summed E-state index contributed by atoms with van der Waals surface area (Å²) in [5, 5.41) is 19.6. The monoisotopic (exact) mass is 324 g/mol. The number of rotatable bonds is 10. The first-order chi connectivity index (χ1) is 11.3. The molecule has 1 aliphatic heterocycles. The maximum Gasteiger partial charge on any atom is 0.157 e. The Morgan fingerprint density at radius 1 is 1.22 bits per heavy atom. The second-order valence-electron chi connectivity index (χ2n) is 5.97.